The largest absolute Gasteiger partial charge is 0.463 e. The van der Waals surface area contributed by atoms with Gasteiger partial charge >= 0.3 is 5.97 Å². The number of hydrogen-bond acceptors (Lipinski definition) is 3. The number of fused-ring (bicyclic) bond motifs is 2. The molecule has 2 fully saturated rings. The molecule has 3 nitrogen and oxygen atoms in total. The maximum Gasteiger partial charge on any atom is 0.302 e. The normalized spacial score (nSPS) is 36.6. The van der Waals surface area contributed by atoms with Crippen LogP contribution in [0.15, 0.2) is 0 Å². The molecule has 3 heteroatoms. The van der Waals surface area contributed by atoms with E-state index in [2.05, 4.69) is 41.5 Å². The molecule has 0 amide bonds. The summed E-state index contributed by atoms with van der Waals surface area (Å²) in [5, 5.41) is 0. The average molecular weight is 310 g/mol. The first kappa shape index (κ1) is 17.8. The number of rotatable bonds is 1. The van der Waals surface area contributed by atoms with Crippen molar-refractivity contribution in [2.24, 2.45) is 10.8 Å². The molecular weight excluding hydrogens is 276 g/mol. The van der Waals surface area contributed by atoms with E-state index in [0.29, 0.717) is 0 Å². The van der Waals surface area contributed by atoms with Gasteiger partial charge in [0.2, 0.25) is 0 Å². The van der Waals surface area contributed by atoms with E-state index in [-0.39, 0.29) is 34.1 Å². The monoisotopic (exact) mass is 310 g/mol. The number of carbonyl (C=O) groups excluding carboxylic acids is 1. The lowest BCUT2D eigenvalue weighted by Crippen LogP contribution is -2.51. The van der Waals surface area contributed by atoms with Gasteiger partial charge in [-0.25, -0.2) is 0 Å². The molecule has 0 aromatic rings. The van der Waals surface area contributed by atoms with E-state index in [1.165, 1.54) is 6.92 Å². The van der Waals surface area contributed by atoms with Crippen LogP contribution in [-0.2, 0) is 14.3 Å². The lowest BCUT2D eigenvalue weighted by atomic mass is 9.71. The van der Waals surface area contributed by atoms with Crippen molar-refractivity contribution >= 4 is 5.97 Å². The van der Waals surface area contributed by atoms with Gasteiger partial charge in [-0.1, -0.05) is 41.5 Å². The third-order valence-electron chi connectivity index (χ3n) is 6.13. The molecule has 2 aliphatic heterocycles. The van der Waals surface area contributed by atoms with E-state index in [0.717, 1.165) is 38.5 Å². The first-order valence-electron chi connectivity index (χ1n) is 8.78. The van der Waals surface area contributed by atoms with Crippen LogP contribution in [0.1, 0.15) is 87.0 Å². The van der Waals surface area contributed by atoms with Crippen LogP contribution in [-0.4, -0.2) is 23.3 Å². The van der Waals surface area contributed by atoms with Crippen LogP contribution in [0.2, 0.25) is 0 Å². The van der Waals surface area contributed by atoms with E-state index in [1.54, 1.807) is 0 Å². The Morgan fingerprint density at radius 3 is 1.64 bits per heavy atom. The lowest BCUT2D eigenvalue weighted by Gasteiger charge is -2.50. The Hall–Kier alpha value is -0.570. The van der Waals surface area contributed by atoms with Crippen molar-refractivity contribution in [2.45, 2.75) is 104 Å². The minimum atomic E-state index is -0.159. The molecule has 1 unspecified atom stereocenters. The average Bonchev–Trinajstić information content (AvgIpc) is 2.73. The molecule has 0 aliphatic carbocycles. The van der Waals surface area contributed by atoms with E-state index >= 15 is 0 Å². The molecule has 3 atom stereocenters. The smallest absolute Gasteiger partial charge is 0.302 e. The van der Waals surface area contributed by atoms with Gasteiger partial charge in [-0.3, -0.25) is 4.79 Å². The molecule has 2 bridgehead atoms. The van der Waals surface area contributed by atoms with E-state index in [4.69, 9.17) is 9.47 Å². The van der Waals surface area contributed by atoms with Gasteiger partial charge in [-0.05, 0) is 49.4 Å². The number of carbonyl (C=O) groups is 1. The van der Waals surface area contributed by atoms with Crippen LogP contribution in [0, 0.1) is 10.8 Å². The SMILES string of the molecule is CC(=O)OC1CC[C@]2(C(C)(C)C)CC[C@](C(C)(C)C)(CC1)O2. The predicted octanol–water partition coefficient (Wildman–Crippen LogP) is 4.87. The summed E-state index contributed by atoms with van der Waals surface area (Å²) in [6.45, 7) is 15.2. The molecule has 0 radical (unpaired) electrons. The van der Waals surface area contributed by atoms with Crippen LogP contribution in [0.5, 0.6) is 0 Å². The van der Waals surface area contributed by atoms with E-state index in [9.17, 15) is 4.79 Å². The molecule has 0 N–H and O–H groups in total. The topological polar surface area (TPSA) is 35.5 Å². The summed E-state index contributed by atoms with van der Waals surface area (Å²) < 4.78 is 12.5. The van der Waals surface area contributed by atoms with Crippen LogP contribution in [0.25, 0.3) is 0 Å². The van der Waals surface area contributed by atoms with E-state index in [1.807, 2.05) is 0 Å². The van der Waals surface area contributed by atoms with Gasteiger partial charge in [0, 0.05) is 6.92 Å². The Bertz CT molecular complexity index is 397. The summed E-state index contributed by atoms with van der Waals surface area (Å²) in [6.07, 6.45) is 6.05. The predicted molar refractivity (Wildman–Crippen MR) is 88.7 cm³/mol. The summed E-state index contributed by atoms with van der Waals surface area (Å²) >= 11 is 0. The van der Waals surface area contributed by atoms with Gasteiger partial charge < -0.3 is 9.47 Å². The number of esters is 1. The van der Waals surface area contributed by atoms with Crippen LogP contribution in [0.3, 0.4) is 0 Å². The van der Waals surface area contributed by atoms with Crippen molar-refractivity contribution < 1.29 is 14.3 Å². The Morgan fingerprint density at radius 2 is 1.32 bits per heavy atom. The Kier molecular flexibility index (Phi) is 4.45. The molecule has 2 saturated heterocycles. The van der Waals surface area contributed by atoms with Gasteiger partial charge in [0.25, 0.3) is 0 Å². The molecule has 2 heterocycles. The second kappa shape index (κ2) is 5.51. The fraction of sp³-hybridized carbons (Fsp3) is 0.947. The fourth-order valence-corrected chi connectivity index (χ4v) is 4.32. The fourth-order valence-electron chi connectivity index (χ4n) is 4.32. The highest BCUT2D eigenvalue weighted by Crippen LogP contribution is 2.58. The first-order chi connectivity index (χ1) is 9.91. The molecule has 128 valence electrons. The summed E-state index contributed by atoms with van der Waals surface area (Å²) in [5.74, 6) is -0.159. The highest BCUT2D eigenvalue weighted by atomic mass is 16.5. The van der Waals surface area contributed by atoms with Gasteiger partial charge in [0.05, 0.1) is 11.2 Å². The van der Waals surface area contributed by atoms with Crippen molar-refractivity contribution in [3.8, 4) is 0 Å². The van der Waals surface area contributed by atoms with Gasteiger partial charge in [0.15, 0.2) is 0 Å². The molecule has 2 rings (SSSR count). The molecule has 22 heavy (non-hydrogen) atoms. The third-order valence-corrected chi connectivity index (χ3v) is 6.13. The Morgan fingerprint density at radius 1 is 0.909 bits per heavy atom. The molecular formula is C19H34O3. The zero-order chi connectivity index (χ0) is 16.8. The zero-order valence-electron chi connectivity index (χ0n) is 15.5. The summed E-state index contributed by atoms with van der Waals surface area (Å²) in [6, 6.07) is 0. The van der Waals surface area contributed by atoms with Crippen LogP contribution >= 0.6 is 0 Å². The van der Waals surface area contributed by atoms with Crippen molar-refractivity contribution in [3.63, 3.8) is 0 Å². The standard InChI is InChI=1S/C19H34O3/c1-14(20)21-15-8-10-18(16(2,3)4)12-13-19(22-18,11-9-15)17(5,6)7/h15H,8-13H2,1-7H3/t15?,18-,19+. The summed E-state index contributed by atoms with van der Waals surface area (Å²) in [5.41, 5.74) is -0.00553. The summed E-state index contributed by atoms with van der Waals surface area (Å²) in [4.78, 5) is 11.4. The van der Waals surface area contributed by atoms with Crippen molar-refractivity contribution in [2.75, 3.05) is 0 Å². The van der Waals surface area contributed by atoms with Crippen LogP contribution in [0.4, 0.5) is 0 Å². The number of hydrogen-bond donors (Lipinski definition) is 0. The van der Waals surface area contributed by atoms with Crippen molar-refractivity contribution in [3.05, 3.63) is 0 Å². The highest BCUT2D eigenvalue weighted by Gasteiger charge is 2.59. The zero-order valence-corrected chi connectivity index (χ0v) is 15.5. The molecule has 2 aliphatic rings. The van der Waals surface area contributed by atoms with Gasteiger partial charge in [0.1, 0.15) is 6.10 Å². The van der Waals surface area contributed by atoms with Crippen molar-refractivity contribution in [1.29, 1.82) is 0 Å². The minimum absolute atomic E-state index is 0.0444. The lowest BCUT2D eigenvalue weighted by molar-refractivity contribution is -0.209. The first-order valence-corrected chi connectivity index (χ1v) is 8.78. The second-order valence-corrected chi connectivity index (χ2v) is 9.40. The maximum absolute atomic E-state index is 11.4. The Labute approximate surface area is 136 Å². The highest BCUT2D eigenvalue weighted by molar-refractivity contribution is 5.66. The molecule has 0 spiro atoms. The molecule has 0 aromatic heterocycles. The molecule has 0 saturated carbocycles. The van der Waals surface area contributed by atoms with Crippen molar-refractivity contribution in [1.82, 2.24) is 0 Å². The Balaban J connectivity index is 2.34. The quantitative estimate of drug-likeness (QED) is 0.648. The van der Waals surface area contributed by atoms with Gasteiger partial charge in [-0.15, -0.1) is 0 Å². The third kappa shape index (κ3) is 3.06. The maximum atomic E-state index is 11.4. The van der Waals surface area contributed by atoms with Gasteiger partial charge in [-0.2, -0.15) is 0 Å². The minimum Gasteiger partial charge on any atom is -0.463 e. The summed E-state index contributed by atoms with van der Waals surface area (Å²) in [7, 11) is 0. The second-order valence-electron chi connectivity index (χ2n) is 9.40. The molecule has 0 aromatic carbocycles. The van der Waals surface area contributed by atoms with Crippen LogP contribution < -0.4 is 0 Å². The van der Waals surface area contributed by atoms with E-state index < -0.39 is 0 Å². The number of ether oxygens (including phenoxy) is 2.